The van der Waals surface area contributed by atoms with E-state index in [1.54, 1.807) is 25.3 Å². The number of rotatable bonds is 7. The van der Waals surface area contributed by atoms with Crippen molar-refractivity contribution in [1.29, 1.82) is 5.26 Å². The smallest absolute Gasteiger partial charge is 0.222 e. The van der Waals surface area contributed by atoms with E-state index in [1.165, 1.54) is 0 Å². The molecular weight excluding hydrogens is 306 g/mol. The van der Waals surface area contributed by atoms with E-state index in [2.05, 4.69) is 16.9 Å². The number of nitriles is 1. The molecule has 0 amide bonds. The second kappa shape index (κ2) is 8.02. The fraction of sp³-hybridized carbons (Fsp3) is 0.353. The van der Waals surface area contributed by atoms with Crippen LogP contribution >= 0.6 is 0 Å². The van der Waals surface area contributed by atoms with E-state index in [1.807, 2.05) is 6.07 Å². The monoisotopic (exact) mass is 327 g/mol. The zero-order chi connectivity index (χ0) is 17.5. The Balaban J connectivity index is 2.53. The standard InChI is InChI=1S/C17H21N5O2/c1-3-4-5-9-24-15-11(7-6-8-13(15)23-2)14-12(10-18)16(19)22-17(20)21-14/h6-8H,3-5,9H2,1-2H3,(H4,19,20,21,22). The number of hydrogen-bond acceptors (Lipinski definition) is 7. The molecule has 0 fully saturated rings. The number of unbranched alkanes of at least 4 members (excludes halogenated alkanes) is 2. The van der Waals surface area contributed by atoms with Gasteiger partial charge in [0.25, 0.3) is 0 Å². The fourth-order valence-electron chi connectivity index (χ4n) is 2.34. The Morgan fingerprint density at radius 3 is 2.67 bits per heavy atom. The van der Waals surface area contributed by atoms with E-state index in [-0.39, 0.29) is 17.3 Å². The highest BCUT2D eigenvalue weighted by Crippen LogP contribution is 2.39. The first-order chi connectivity index (χ1) is 11.6. The summed E-state index contributed by atoms with van der Waals surface area (Å²) in [6.07, 6.45) is 3.09. The number of aromatic nitrogens is 2. The fourth-order valence-corrected chi connectivity index (χ4v) is 2.34. The van der Waals surface area contributed by atoms with Crippen molar-refractivity contribution in [2.75, 3.05) is 25.2 Å². The summed E-state index contributed by atoms with van der Waals surface area (Å²) in [5, 5.41) is 9.39. The number of para-hydroxylation sites is 1. The van der Waals surface area contributed by atoms with Crippen molar-refractivity contribution in [2.24, 2.45) is 0 Å². The Morgan fingerprint density at radius 2 is 2.00 bits per heavy atom. The van der Waals surface area contributed by atoms with Crippen molar-refractivity contribution < 1.29 is 9.47 Å². The lowest BCUT2D eigenvalue weighted by molar-refractivity contribution is 0.287. The molecule has 0 saturated carbocycles. The normalized spacial score (nSPS) is 10.2. The predicted molar refractivity (Wildman–Crippen MR) is 92.6 cm³/mol. The van der Waals surface area contributed by atoms with Gasteiger partial charge in [-0.2, -0.15) is 10.2 Å². The molecule has 4 N–H and O–H groups in total. The van der Waals surface area contributed by atoms with Gasteiger partial charge in [0.15, 0.2) is 11.5 Å². The number of nitrogens with zero attached hydrogens (tertiary/aromatic N) is 3. The molecular formula is C17H21N5O2. The van der Waals surface area contributed by atoms with Crippen LogP contribution in [0, 0.1) is 11.3 Å². The maximum absolute atomic E-state index is 9.39. The van der Waals surface area contributed by atoms with Gasteiger partial charge in [0.2, 0.25) is 5.95 Å². The highest BCUT2D eigenvalue weighted by atomic mass is 16.5. The van der Waals surface area contributed by atoms with E-state index in [4.69, 9.17) is 20.9 Å². The average molecular weight is 327 g/mol. The molecule has 0 aliphatic rings. The maximum Gasteiger partial charge on any atom is 0.222 e. The molecule has 1 aromatic carbocycles. The van der Waals surface area contributed by atoms with E-state index >= 15 is 0 Å². The molecule has 0 atom stereocenters. The minimum absolute atomic E-state index is 0.00116. The van der Waals surface area contributed by atoms with Gasteiger partial charge in [-0.15, -0.1) is 0 Å². The minimum atomic E-state index is 0.00116. The summed E-state index contributed by atoms with van der Waals surface area (Å²) in [6.45, 7) is 2.67. The largest absolute Gasteiger partial charge is 0.493 e. The van der Waals surface area contributed by atoms with Crippen LogP contribution in [-0.2, 0) is 0 Å². The van der Waals surface area contributed by atoms with Crippen molar-refractivity contribution in [3.63, 3.8) is 0 Å². The van der Waals surface area contributed by atoms with Crippen LogP contribution in [0.25, 0.3) is 11.3 Å². The summed E-state index contributed by atoms with van der Waals surface area (Å²) in [4.78, 5) is 8.02. The van der Waals surface area contributed by atoms with E-state index in [9.17, 15) is 5.26 Å². The molecule has 2 aromatic rings. The van der Waals surface area contributed by atoms with Crippen molar-refractivity contribution in [3.05, 3.63) is 23.8 Å². The van der Waals surface area contributed by atoms with Crippen molar-refractivity contribution >= 4 is 11.8 Å². The highest BCUT2D eigenvalue weighted by molar-refractivity contribution is 5.79. The third-order valence-electron chi connectivity index (χ3n) is 3.51. The minimum Gasteiger partial charge on any atom is -0.493 e. The molecule has 2 rings (SSSR count). The molecule has 1 heterocycles. The molecule has 0 radical (unpaired) electrons. The van der Waals surface area contributed by atoms with Crippen LogP contribution in [0.1, 0.15) is 31.7 Å². The summed E-state index contributed by atoms with van der Waals surface area (Å²) in [7, 11) is 1.56. The summed E-state index contributed by atoms with van der Waals surface area (Å²) in [6, 6.07) is 7.40. The first kappa shape index (κ1) is 17.3. The Labute approximate surface area is 141 Å². The molecule has 0 spiro atoms. The van der Waals surface area contributed by atoms with Gasteiger partial charge in [-0.05, 0) is 18.6 Å². The van der Waals surface area contributed by atoms with Gasteiger partial charge in [-0.25, -0.2) is 4.98 Å². The number of nitrogen functional groups attached to an aromatic ring is 2. The molecule has 0 saturated heterocycles. The number of nitrogens with two attached hydrogens (primary N) is 2. The van der Waals surface area contributed by atoms with Gasteiger partial charge >= 0.3 is 0 Å². The molecule has 126 valence electrons. The molecule has 0 aliphatic heterocycles. The van der Waals surface area contributed by atoms with Crippen LogP contribution in [0.5, 0.6) is 11.5 Å². The number of ether oxygens (including phenoxy) is 2. The van der Waals surface area contributed by atoms with Crippen LogP contribution in [0.3, 0.4) is 0 Å². The first-order valence-corrected chi connectivity index (χ1v) is 7.75. The Morgan fingerprint density at radius 1 is 1.21 bits per heavy atom. The van der Waals surface area contributed by atoms with Gasteiger partial charge in [0.05, 0.1) is 19.4 Å². The summed E-state index contributed by atoms with van der Waals surface area (Å²) < 4.78 is 11.3. The number of anilines is 2. The Bertz CT molecular complexity index is 755. The van der Waals surface area contributed by atoms with Gasteiger partial charge in [-0.3, -0.25) is 0 Å². The summed E-state index contributed by atoms with van der Waals surface area (Å²) in [5.41, 5.74) is 12.6. The Hall–Kier alpha value is -3.01. The van der Waals surface area contributed by atoms with Gasteiger partial charge in [0.1, 0.15) is 17.5 Å². The number of benzene rings is 1. The molecule has 1 aromatic heterocycles. The Kier molecular flexibility index (Phi) is 5.79. The lowest BCUT2D eigenvalue weighted by Gasteiger charge is -2.16. The van der Waals surface area contributed by atoms with Gasteiger partial charge in [0, 0.05) is 5.56 Å². The molecule has 24 heavy (non-hydrogen) atoms. The van der Waals surface area contributed by atoms with E-state index in [0.29, 0.717) is 29.4 Å². The first-order valence-electron chi connectivity index (χ1n) is 7.75. The third-order valence-corrected chi connectivity index (χ3v) is 3.51. The third kappa shape index (κ3) is 3.66. The second-order valence-electron chi connectivity index (χ2n) is 5.19. The second-order valence-corrected chi connectivity index (χ2v) is 5.19. The van der Waals surface area contributed by atoms with Crippen LogP contribution in [0.4, 0.5) is 11.8 Å². The quantitative estimate of drug-likeness (QED) is 0.750. The molecule has 7 nitrogen and oxygen atoms in total. The molecule has 7 heteroatoms. The molecule has 0 unspecified atom stereocenters. The van der Waals surface area contributed by atoms with Crippen molar-refractivity contribution in [1.82, 2.24) is 9.97 Å². The summed E-state index contributed by atoms with van der Waals surface area (Å²) >= 11 is 0. The van der Waals surface area contributed by atoms with Gasteiger partial charge in [-0.1, -0.05) is 25.8 Å². The molecule has 0 aliphatic carbocycles. The molecule has 0 bridgehead atoms. The van der Waals surface area contributed by atoms with Gasteiger partial charge < -0.3 is 20.9 Å². The van der Waals surface area contributed by atoms with E-state index < -0.39 is 0 Å². The van der Waals surface area contributed by atoms with Crippen molar-refractivity contribution in [3.8, 4) is 28.8 Å². The van der Waals surface area contributed by atoms with Crippen molar-refractivity contribution in [2.45, 2.75) is 26.2 Å². The lowest BCUT2D eigenvalue weighted by Crippen LogP contribution is -2.07. The maximum atomic E-state index is 9.39. The van der Waals surface area contributed by atoms with Crippen LogP contribution < -0.4 is 20.9 Å². The van der Waals surface area contributed by atoms with Crippen LogP contribution in [0.15, 0.2) is 18.2 Å². The SMILES string of the molecule is CCCCCOc1c(OC)cccc1-c1nc(N)nc(N)c1C#N. The highest BCUT2D eigenvalue weighted by Gasteiger charge is 2.19. The topological polar surface area (TPSA) is 120 Å². The lowest BCUT2D eigenvalue weighted by atomic mass is 10.1. The zero-order valence-electron chi connectivity index (χ0n) is 13.9. The van der Waals surface area contributed by atoms with Crippen LogP contribution in [0.2, 0.25) is 0 Å². The summed E-state index contributed by atoms with van der Waals surface area (Å²) in [5.74, 6) is 1.12. The van der Waals surface area contributed by atoms with E-state index in [0.717, 1.165) is 19.3 Å². The zero-order valence-corrected chi connectivity index (χ0v) is 13.9. The van der Waals surface area contributed by atoms with Crippen LogP contribution in [-0.4, -0.2) is 23.7 Å². The number of hydrogen-bond donors (Lipinski definition) is 2. The predicted octanol–water partition coefficient (Wildman–Crippen LogP) is 2.76. The number of methoxy groups -OCH3 is 1. The average Bonchev–Trinajstić information content (AvgIpc) is 2.58.